The van der Waals surface area contributed by atoms with Crippen molar-refractivity contribution >= 4 is 11.5 Å². The van der Waals surface area contributed by atoms with Crippen molar-refractivity contribution in [3.63, 3.8) is 0 Å². The Morgan fingerprint density at radius 2 is 1.90 bits per heavy atom. The maximum absolute atomic E-state index is 6.26. The number of hydrogen-bond donors (Lipinski definition) is 1. The molecule has 2 rings (SSSR count). The summed E-state index contributed by atoms with van der Waals surface area (Å²) in [6, 6.07) is 8.06. The van der Waals surface area contributed by atoms with E-state index in [-0.39, 0.29) is 0 Å². The molecule has 0 saturated carbocycles. The first-order valence-corrected chi connectivity index (χ1v) is 7.10. The minimum absolute atomic E-state index is 0.319. The molecular formula is C16H24N4O. The van der Waals surface area contributed by atoms with E-state index < -0.39 is 0 Å². The van der Waals surface area contributed by atoms with Crippen LogP contribution >= 0.6 is 0 Å². The summed E-state index contributed by atoms with van der Waals surface area (Å²) in [7, 11) is 5.63. The smallest absolute Gasteiger partial charge is 0.150 e. The van der Waals surface area contributed by atoms with Crippen molar-refractivity contribution in [2.24, 2.45) is 7.05 Å². The van der Waals surface area contributed by atoms with Crippen LogP contribution in [0.1, 0.15) is 31.0 Å². The Labute approximate surface area is 126 Å². The lowest BCUT2D eigenvalue weighted by atomic mass is 10.1. The summed E-state index contributed by atoms with van der Waals surface area (Å²) in [5.74, 6) is 2.14. The van der Waals surface area contributed by atoms with E-state index in [1.807, 2.05) is 30.9 Å². The molecular weight excluding hydrogens is 264 g/mol. The summed E-state index contributed by atoms with van der Waals surface area (Å²) < 4.78 is 7.03. The molecule has 5 heteroatoms. The van der Waals surface area contributed by atoms with Crippen LogP contribution in [0.15, 0.2) is 24.3 Å². The molecule has 0 fully saturated rings. The highest BCUT2D eigenvalue weighted by Gasteiger charge is 2.18. The van der Waals surface area contributed by atoms with Crippen molar-refractivity contribution in [2.75, 3.05) is 24.8 Å². The van der Waals surface area contributed by atoms with Crippen LogP contribution in [0.2, 0.25) is 0 Å². The zero-order valence-electron chi connectivity index (χ0n) is 13.4. The van der Waals surface area contributed by atoms with Gasteiger partial charge in [0.25, 0.3) is 0 Å². The van der Waals surface area contributed by atoms with Crippen molar-refractivity contribution in [3.05, 3.63) is 35.5 Å². The Morgan fingerprint density at radius 1 is 1.29 bits per heavy atom. The van der Waals surface area contributed by atoms with Crippen LogP contribution in [-0.2, 0) is 13.6 Å². The third-order valence-electron chi connectivity index (χ3n) is 3.57. The molecule has 0 atom stereocenters. The molecule has 21 heavy (non-hydrogen) atoms. The molecule has 0 aliphatic carbocycles. The largest absolute Gasteiger partial charge is 0.497 e. The van der Waals surface area contributed by atoms with Gasteiger partial charge < -0.3 is 15.4 Å². The Bertz CT molecular complexity index is 601. The molecule has 1 aromatic heterocycles. The van der Waals surface area contributed by atoms with Gasteiger partial charge in [-0.1, -0.05) is 26.0 Å². The summed E-state index contributed by atoms with van der Waals surface area (Å²) in [6.07, 6.45) is 0. The van der Waals surface area contributed by atoms with E-state index in [4.69, 9.17) is 10.5 Å². The fourth-order valence-corrected chi connectivity index (χ4v) is 2.51. The van der Waals surface area contributed by atoms with Crippen LogP contribution in [0.5, 0.6) is 5.75 Å². The summed E-state index contributed by atoms with van der Waals surface area (Å²) in [5, 5.41) is 4.53. The van der Waals surface area contributed by atoms with Crippen molar-refractivity contribution in [1.29, 1.82) is 0 Å². The van der Waals surface area contributed by atoms with E-state index in [0.29, 0.717) is 5.92 Å². The highest BCUT2D eigenvalue weighted by Crippen LogP contribution is 2.30. The third kappa shape index (κ3) is 3.12. The lowest BCUT2D eigenvalue weighted by molar-refractivity contribution is 0.414. The van der Waals surface area contributed by atoms with Crippen LogP contribution in [-0.4, -0.2) is 23.9 Å². The molecule has 114 valence electrons. The molecule has 0 aliphatic rings. The molecule has 0 amide bonds. The minimum atomic E-state index is 0.319. The Morgan fingerprint density at radius 3 is 2.38 bits per heavy atom. The average Bonchev–Trinajstić information content (AvgIpc) is 2.75. The summed E-state index contributed by atoms with van der Waals surface area (Å²) >= 11 is 0. The molecule has 0 bridgehead atoms. The second-order valence-electron chi connectivity index (χ2n) is 5.60. The highest BCUT2D eigenvalue weighted by molar-refractivity contribution is 5.66. The van der Waals surface area contributed by atoms with E-state index in [1.54, 1.807) is 7.11 Å². The van der Waals surface area contributed by atoms with Gasteiger partial charge in [0.1, 0.15) is 11.6 Å². The zero-order chi connectivity index (χ0) is 15.6. The first-order chi connectivity index (χ1) is 9.93. The van der Waals surface area contributed by atoms with E-state index in [1.165, 1.54) is 5.56 Å². The van der Waals surface area contributed by atoms with Gasteiger partial charge >= 0.3 is 0 Å². The standard InChI is InChI=1S/C16H24N4O/c1-11(2)15-14(17)16(20(4)18-15)19(3)10-12-6-8-13(21-5)9-7-12/h6-9,11H,10,17H2,1-5H3. The number of aryl methyl sites for hydroxylation is 1. The topological polar surface area (TPSA) is 56.3 Å². The molecule has 0 radical (unpaired) electrons. The minimum Gasteiger partial charge on any atom is -0.497 e. The van der Waals surface area contributed by atoms with Gasteiger partial charge in [-0.05, 0) is 23.6 Å². The summed E-state index contributed by atoms with van der Waals surface area (Å²) in [6.45, 7) is 4.98. The van der Waals surface area contributed by atoms with Gasteiger partial charge in [0.2, 0.25) is 0 Å². The zero-order valence-corrected chi connectivity index (χ0v) is 13.4. The van der Waals surface area contributed by atoms with Crippen LogP contribution in [0, 0.1) is 0 Å². The van der Waals surface area contributed by atoms with E-state index in [9.17, 15) is 0 Å². The Balaban J connectivity index is 2.21. The van der Waals surface area contributed by atoms with Crippen LogP contribution in [0.4, 0.5) is 11.5 Å². The number of nitrogens with zero attached hydrogens (tertiary/aromatic N) is 3. The molecule has 0 spiro atoms. The van der Waals surface area contributed by atoms with Gasteiger partial charge in [-0.2, -0.15) is 5.10 Å². The lowest BCUT2D eigenvalue weighted by Gasteiger charge is -2.20. The Kier molecular flexibility index (Phi) is 4.40. The van der Waals surface area contributed by atoms with Crippen LogP contribution < -0.4 is 15.4 Å². The van der Waals surface area contributed by atoms with Crippen molar-refractivity contribution < 1.29 is 4.74 Å². The van der Waals surface area contributed by atoms with Gasteiger partial charge in [0.15, 0.2) is 0 Å². The molecule has 2 N–H and O–H groups in total. The van der Waals surface area contributed by atoms with Crippen molar-refractivity contribution in [3.8, 4) is 5.75 Å². The van der Waals surface area contributed by atoms with Gasteiger partial charge in [0, 0.05) is 20.6 Å². The second-order valence-corrected chi connectivity index (χ2v) is 5.60. The highest BCUT2D eigenvalue weighted by atomic mass is 16.5. The number of nitrogen functional groups attached to an aromatic ring is 1. The second kappa shape index (κ2) is 6.08. The number of rotatable bonds is 5. The normalized spacial score (nSPS) is 11.0. The predicted octanol–water partition coefficient (Wildman–Crippen LogP) is 2.77. The molecule has 5 nitrogen and oxygen atoms in total. The fourth-order valence-electron chi connectivity index (χ4n) is 2.51. The molecule has 0 unspecified atom stereocenters. The molecule has 0 aliphatic heterocycles. The first-order valence-electron chi connectivity index (χ1n) is 7.10. The van der Waals surface area contributed by atoms with Crippen molar-refractivity contribution in [1.82, 2.24) is 9.78 Å². The SMILES string of the molecule is COc1ccc(CN(C)c2c(N)c(C(C)C)nn2C)cc1. The molecule has 1 aromatic carbocycles. The first kappa shape index (κ1) is 15.2. The molecule has 1 heterocycles. The number of methoxy groups -OCH3 is 1. The molecule has 2 aromatic rings. The number of benzene rings is 1. The van der Waals surface area contributed by atoms with E-state index in [2.05, 4.69) is 36.0 Å². The monoisotopic (exact) mass is 288 g/mol. The number of aromatic nitrogens is 2. The number of hydrogen-bond acceptors (Lipinski definition) is 4. The van der Waals surface area contributed by atoms with Crippen LogP contribution in [0.3, 0.4) is 0 Å². The van der Waals surface area contributed by atoms with E-state index >= 15 is 0 Å². The van der Waals surface area contributed by atoms with Crippen molar-refractivity contribution in [2.45, 2.75) is 26.3 Å². The fraction of sp³-hybridized carbons (Fsp3) is 0.438. The number of anilines is 2. The van der Waals surface area contributed by atoms with Crippen LogP contribution in [0.25, 0.3) is 0 Å². The predicted molar refractivity (Wildman–Crippen MR) is 86.8 cm³/mol. The average molecular weight is 288 g/mol. The molecule has 0 saturated heterocycles. The summed E-state index contributed by atoms with van der Waals surface area (Å²) in [5.41, 5.74) is 9.18. The lowest BCUT2D eigenvalue weighted by Crippen LogP contribution is -2.20. The van der Waals surface area contributed by atoms with Gasteiger partial charge in [0.05, 0.1) is 18.5 Å². The maximum Gasteiger partial charge on any atom is 0.150 e. The van der Waals surface area contributed by atoms with E-state index in [0.717, 1.165) is 29.5 Å². The van der Waals surface area contributed by atoms with Gasteiger partial charge in [-0.3, -0.25) is 4.68 Å². The van der Waals surface area contributed by atoms with Gasteiger partial charge in [-0.25, -0.2) is 0 Å². The Hall–Kier alpha value is -2.17. The summed E-state index contributed by atoms with van der Waals surface area (Å²) in [4.78, 5) is 2.12. The number of nitrogens with two attached hydrogens (primary N) is 1. The maximum atomic E-state index is 6.26. The third-order valence-corrected chi connectivity index (χ3v) is 3.57. The quantitative estimate of drug-likeness (QED) is 0.919. The number of ether oxygens (including phenoxy) is 1. The van der Waals surface area contributed by atoms with Gasteiger partial charge in [-0.15, -0.1) is 0 Å².